The first-order chi connectivity index (χ1) is 7.68. The quantitative estimate of drug-likeness (QED) is 0.734. The van der Waals surface area contributed by atoms with Gasteiger partial charge in [0.2, 0.25) is 5.91 Å². The predicted molar refractivity (Wildman–Crippen MR) is 68.4 cm³/mol. The average molecular weight is 235 g/mol. The Hall–Kier alpha value is -1.09. The first-order valence-corrected chi connectivity index (χ1v) is 6.60. The second-order valence-corrected chi connectivity index (χ2v) is 5.40. The molecule has 0 spiro atoms. The second kappa shape index (κ2) is 4.83. The number of rotatable bonds is 4. The molecule has 1 heterocycles. The summed E-state index contributed by atoms with van der Waals surface area (Å²) in [5, 5.41) is 2.02. The van der Waals surface area contributed by atoms with Crippen LogP contribution in [0.15, 0.2) is 23.6 Å². The molecule has 0 aromatic carbocycles. The summed E-state index contributed by atoms with van der Waals surface area (Å²) >= 11 is 1.65. The molecule has 0 bridgehead atoms. The normalized spacial score (nSPS) is 15.9. The first kappa shape index (κ1) is 11.4. The Bertz CT molecular complexity index is 375. The summed E-state index contributed by atoms with van der Waals surface area (Å²) in [6.07, 6.45) is 5.93. The summed E-state index contributed by atoms with van der Waals surface area (Å²) < 4.78 is 0. The summed E-state index contributed by atoms with van der Waals surface area (Å²) in [6.45, 7) is 4.16. The van der Waals surface area contributed by atoms with Gasteiger partial charge >= 0.3 is 0 Å². The van der Waals surface area contributed by atoms with E-state index in [1.807, 2.05) is 28.5 Å². The summed E-state index contributed by atoms with van der Waals surface area (Å²) in [4.78, 5) is 15.1. The van der Waals surface area contributed by atoms with Crippen molar-refractivity contribution < 1.29 is 4.79 Å². The molecule has 1 fully saturated rings. The molecule has 1 aliphatic rings. The van der Waals surface area contributed by atoms with Crippen molar-refractivity contribution in [3.8, 4) is 0 Å². The second-order valence-electron chi connectivity index (χ2n) is 4.42. The Kier molecular flexibility index (Phi) is 3.44. The van der Waals surface area contributed by atoms with Crippen LogP contribution in [0.3, 0.4) is 0 Å². The van der Waals surface area contributed by atoms with Gasteiger partial charge in [0.15, 0.2) is 0 Å². The smallest absolute Gasteiger partial charge is 0.247 e. The van der Waals surface area contributed by atoms with Gasteiger partial charge in [-0.25, -0.2) is 0 Å². The van der Waals surface area contributed by atoms with E-state index < -0.39 is 0 Å². The lowest BCUT2D eigenvalue weighted by atomic mass is 10.3. The summed E-state index contributed by atoms with van der Waals surface area (Å²) in [5.41, 5.74) is 0. The molecule has 86 valence electrons. The van der Waals surface area contributed by atoms with Gasteiger partial charge in [-0.3, -0.25) is 4.79 Å². The van der Waals surface area contributed by atoms with E-state index in [1.165, 1.54) is 0 Å². The fourth-order valence-electron chi connectivity index (χ4n) is 1.83. The van der Waals surface area contributed by atoms with E-state index in [-0.39, 0.29) is 5.91 Å². The number of hydrogen-bond acceptors (Lipinski definition) is 2. The number of carbonyl (C=O) groups excluding carboxylic acids is 1. The third-order valence-electron chi connectivity index (χ3n) is 2.68. The molecule has 1 aliphatic carbocycles. The standard InChI is InChI=1S/C13H17NOS/c1-10(2)14(11-5-6-11)13(15)8-7-12-4-3-9-16-12/h3-4,7-11H,5-6H2,1-2H3/b8-7+. The Morgan fingerprint density at radius 3 is 2.81 bits per heavy atom. The number of carbonyl (C=O) groups is 1. The topological polar surface area (TPSA) is 20.3 Å². The summed E-state index contributed by atoms with van der Waals surface area (Å²) in [5.74, 6) is 0.144. The van der Waals surface area contributed by atoms with E-state index in [2.05, 4.69) is 13.8 Å². The SMILES string of the molecule is CC(C)N(C(=O)/C=C/c1cccs1)C1CC1. The molecule has 0 atom stereocenters. The van der Waals surface area contributed by atoms with E-state index in [0.29, 0.717) is 12.1 Å². The summed E-state index contributed by atoms with van der Waals surface area (Å²) in [6, 6.07) is 4.80. The minimum absolute atomic E-state index is 0.144. The highest BCUT2D eigenvalue weighted by atomic mass is 32.1. The molecule has 0 radical (unpaired) electrons. The van der Waals surface area contributed by atoms with Crippen LogP contribution < -0.4 is 0 Å². The summed E-state index contributed by atoms with van der Waals surface area (Å²) in [7, 11) is 0. The third kappa shape index (κ3) is 2.73. The van der Waals surface area contributed by atoms with Crippen molar-refractivity contribution >= 4 is 23.3 Å². The maximum atomic E-state index is 12.0. The van der Waals surface area contributed by atoms with Crippen molar-refractivity contribution in [1.29, 1.82) is 0 Å². The number of thiophene rings is 1. The maximum absolute atomic E-state index is 12.0. The Labute approximate surface area is 101 Å². The zero-order chi connectivity index (χ0) is 11.5. The zero-order valence-electron chi connectivity index (χ0n) is 9.72. The van der Waals surface area contributed by atoms with Crippen molar-refractivity contribution in [1.82, 2.24) is 4.90 Å². The van der Waals surface area contributed by atoms with Gasteiger partial charge in [0.05, 0.1) is 0 Å². The highest BCUT2D eigenvalue weighted by Gasteiger charge is 2.32. The van der Waals surface area contributed by atoms with E-state index in [4.69, 9.17) is 0 Å². The lowest BCUT2D eigenvalue weighted by Gasteiger charge is -2.25. The highest BCUT2D eigenvalue weighted by Crippen LogP contribution is 2.29. The molecule has 1 aromatic heterocycles. The monoisotopic (exact) mass is 235 g/mol. The molecule has 2 nitrogen and oxygen atoms in total. The van der Waals surface area contributed by atoms with Crippen molar-refractivity contribution in [2.45, 2.75) is 38.8 Å². The minimum atomic E-state index is 0.144. The predicted octanol–water partition coefficient (Wildman–Crippen LogP) is 3.16. The molecule has 1 amide bonds. The average Bonchev–Trinajstić information content (AvgIpc) is 2.92. The van der Waals surface area contributed by atoms with Crippen LogP contribution in [0.1, 0.15) is 31.6 Å². The fraction of sp³-hybridized carbons (Fsp3) is 0.462. The van der Waals surface area contributed by atoms with E-state index in [1.54, 1.807) is 17.4 Å². The van der Waals surface area contributed by atoms with Gasteiger partial charge in [-0.05, 0) is 44.2 Å². The molecular weight excluding hydrogens is 218 g/mol. The van der Waals surface area contributed by atoms with E-state index >= 15 is 0 Å². The van der Waals surface area contributed by atoms with Gasteiger partial charge in [-0.2, -0.15) is 0 Å². The van der Waals surface area contributed by atoms with Gasteiger partial charge in [0.25, 0.3) is 0 Å². The van der Waals surface area contributed by atoms with Crippen molar-refractivity contribution in [3.63, 3.8) is 0 Å². The van der Waals surface area contributed by atoms with Gasteiger partial charge < -0.3 is 4.90 Å². The van der Waals surface area contributed by atoms with Crippen LogP contribution in [-0.2, 0) is 4.79 Å². The highest BCUT2D eigenvalue weighted by molar-refractivity contribution is 7.10. The first-order valence-electron chi connectivity index (χ1n) is 5.72. The molecule has 16 heavy (non-hydrogen) atoms. The molecule has 0 unspecified atom stereocenters. The van der Waals surface area contributed by atoms with Crippen molar-refractivity contribution in [2.75, 3.05) is 0 Å². The van der Waals surface area contributed by atoms with Gasteiger partial charge in [0.1, 0.15) is 0 Å². The van der Waals surface area contributed by atoms with Crippen molar-refractivity contribution in [3.05, 3.63) is 28.5 Å². The van der Waals surface area contributed by atoms with Crippen LogP contribution in [-0.4, -0.2) is 22.9 Å². The van der Waals surface area contributed by atoms with E-state index in [9.17, 15) is 4.79 Å². The molecule has 2 rings (SSSR count). The third-order valence-corrected chi connectivity index (χ3v) is 3.52. The molecule has 0 aliphatic heterocycles. The lowest BCUT2D eigenvalue weighted by molar-refractivity contribution is -0.128. The molecule has 3 heteroatoms. The molecular formula is C13H17NOS. The molecule has 0 saturated heterocycles. The van der Waals surface area contributed by atoms with Crippen LogP contribution >= 0.6 is 11.3 Å². The Morgan fingerprint density at radius 2 is 2.31 bits per heavy atom. The number of amides is 1. The lowest BCUT2D eigenvalue weighted by Crippen LogP contribution is -2.37. The molecule has 0 N–H and O–H groups in total. The fourth-order valence-corrected chi connectivity index (χ4v) is 2.45. The zero-order valence-corrected chi connectivity index (χ0v) is 10.5. The molecule has 1 saturated carbocycles. The number of hydrogen-bond donors (Lipinski definition) is 0. The van der Waals surface area contributed by atoms with Crippen LogP contribution in [0.2, 0.25) is 0 Å². The number of nitrogens with zero attached hydrogens (tertiary/aromatic N) is 1. The van der Waals surface area contributed by atoms with Gasteiger partial charge in [-0.15, -0.1) is 11.3 Å². The van der Waals surface area contributed by atoms with Crippen LogP contribution in [0.25, 0.3) is 6.08 Å². The van der Waals surface area contributed by atoms with E-state index in [0.717, 1.165) is 17.7 Å². The minimum Gasteiger partial charge on any atom is -0.334 e. The Balaban J connectivity index is 2.00. The molecule has 1 aromatic rings. The van der Waals surface area contributed by atoms with Crippen LogP contribution in [0.4, 0.5) is 0 Å². The van der Waals surface area contributed by atoms with Crippen LogP contribution in [0.5, 0.6) is 0 Å². The largest absolute Gasteiger partial charge is 0.334 e. The van der Waals surface area contributed by atoms with Crippen LogP contribution in [0, 0.1) is 0 Å². The van der Waals surface area contributed by atoms with Gasteiger partial charge in [0, 0.05) is 23.0 Å². The maximum Gasteiger partial charge on any atom is 0.247 e. The van der Waals surface area contributed by atoms with Gasteiger partial charge in [-0.1, -0.05) is 6.07 Å². The Morgan fingerprint density at radius 1 is 1.56 bits per heavy atom. The van der Waals surface area contributed by atoms with Crippen molar-refractivity contribution in [2.24, 2.45) is 0 Å².